The second-order valence-corrected chi connectivity index (χ2v) is 8.34. The van der Waals surface area contributed by atoms with Crippen molar-refractivity contribution in [3.63, 3.8) is 0 Å². The molecule has 4 rings (SSSR count). The molecule has 0 aliphatic carbocycles. The minimum atomic E-state index is -0.662. The van der Waals surface area contributed by atoms with Gasteiger partial charge in [0, 0.05) is 6.07 Å². The topological polar surface area (TPSA) is 102 Å². The number of rotatable bonds is 6. The molecule has 34 heavy (non-hydrogen) atoms. The molecule has 11 heteroatoms. The van der Waals surface area contributed by atoms with Crippen LogP contribution < -0.4 is 15.2 Å². The van der Waals surface area contributed by atoms with Gasteiger partial charge in [0.05, 0.1) is 25.7 Å². The maximum Gasteiger partial charge on any atom is 0.313 e. The van der Waals surface area contributed by atoms with Gasteiger partial charge in [-0.3, -0.25) is 25.1 Å². The first-order valence-electron chi connectivity index (χ1n) is 9.71. The summed E-state index contributed by atoms with van der Waals surface area (Å²) < 4.78 is 5.60. The van der Waals surface area contributed by atoms with Gasteiger partial charge in [-0.05, 0) is 47.5 Å². The van der Waals surface area contributed by atoms with Crippen molar-refractivity contribution in [2.24, 2.45) is 0 Å². The third-order valence-electron chi connectivity index (χ3n) is 4.83. The first-order chi connectivity index (χ1) is 16.2. The monoisotopic (exact) mass is 517 g/mol. The minimum absolute atomic E-state index is 0.0508. The zero-order valence-corrected chi connectivity index (χ0v) is 19.4. The van der Waals surface area contributed by atoms with Crippen LogP contribution in [-0.2, 0) is 16.2 Å². The Balaban J connectivity index is 1.63. The maximum absolute atomic E-state index is 12.8. The Labute approximate surface area is 208 Å². The number of carbonyl (C=O) groups is 2. The summed E-state index contributed by atoms with van der Waals surface area (Å²) in [6, 6.07) is 15.9. The van der Waals surface area contributed by atoms with E-state index < -0.39 is 22.4 Å². The average Bonchev–Trinajstić information content (AvgIpc) is 3.09. The Morgan fingerprint density at radius 3 is 2.38 bits per heavy atom. The summed E-state index contributed by atoms with van der Waals surface area (Å²) in [5.74, 6) is -1.41. The van der Waals surface area contributed by atoms with E-state index in [0.717, 1.165) is 5.01 Å². The van der Waals surface area contributed by atoms with E-state index in [1.165, 1.54) is 18.2 Å². The normalized spacial score (nSPS) is 14.4. The Morgan fingerprint density at radius 2 is 1.71 bits per heavy atom. The van der Waals surface area contributed by atoms with E-state index in [2.05, 4.69) is 5.43 Å². The zero-order valence-electron chi connectivity index (χ0n) is 17.1. The predicted molar refractivity (Wildman–Crippen MR) is 129 cm³/mol. The molecule has 2 amide bonds. The highest BCUT2D eigenvalue weighted by molar-refractivity contribution is 6.42. The van der Waals surface area contributed by atoms with Gasteiger partial charge in [0.2, 0.25) is 5.75 Å². The summed E-state index contributed by atoms with van der Waals surface area (Å²) in [6.45, 7) is -0.0508. The van der Waals surface area contributed by atoms with Gasteiger partial charge in [-0.15, -0.1) is 0 Å². The van der Waals surface area contributed by atoms with Gasteiger partial charge in [-0.25, -0.2) is 5.01 Å². The van der Waals surface area contributed by atoms with Gasteiger partial charge in [0.1, 0.15) is 12.2 Å². The van der Waals surface area contributed by atoms with Crippen LogP contribution in [0, 0.1) is 10.1 Å². The number of hydrazine groups is 1. The van der Waals surface area contributed by atoms with Crippen molar-refractivity contribution in [1.82, 2.24) is 5.43 Å². The Kier molecular flexibility index (Phi) is 6.74. The summed E-state index contributed by atoms with van der Waals surface area (Å²) >= 11 is 18.2. The molecule has 8 nitrogen and oxygen atoms in total. The average molecular weight is 519 g/mol. The number of hydrogen-bond donors (Lipinski definition) is 1. The van der Waals surface area contributed by atoms with Crippen LogP contribution in [0.5, 0.6) is 5.75 Å². The number of nitrogens with zero attached hydrogens (tertiary/aromatic N) is 2. The predicted octanol–water partition coefficient (Wildman–Crippen LogP) is 5.60. The fourth-order valence-electron chi connectivity index (χ4n) is 3.23. The number of benzene rings is 3. The molecule has 0 spiro atoms. The van der Waals surface area contributed by atoms with Crippen molar-refractivity contribution in [3.8, 4) is 5.75 Å². The fourth-order valence-corrected chi connectivity index (χ4v) is 3.83. The van der Waals surface area contributed by atoms with Crippen molar-refractivity contribution in [3.05, 3.63) is 103 Å². The molecule has 1 saturated heterocycles. The van der Waals surface area contributed by atoms with Gasteiger partial charge >= 0.3 is 5.69 Å². The van der Waals surface area contributed by atoms with Crippen LogP contribution in [0.25, 0.3) is 6.08 Å². The standard InChI is InChI=1S/C23H14Cl3N3O5/c24-17-7-6-13(9-18(17)25)12-34-21-19(26)10-14(11-20(21)29(32)33)8-16-22(30)27-28(23(16)31)15-4-2-1-3-5-15/h1-11H,12H2,(H,27,30)/b16-8-. The lowest BCUT2D eigenvalue weighted by Crippen LogP contribution is -2.35. The highest BCUT2D eigenvalue weighted by Gasteiger charge is 2.34. The molecule has 1 aliphatic heterocycles. The van der Waals surface area contributed by atoms with E-state index in [4.69, 9.17) is 39.5 Å². The molecular weight excluding hydrogens is 505 g/mol. The number of nitro groups is 1. The van der Waals surface area contributed by atoms with E-state index in [-0.39, 0.29) is 28.5 Å². The summed E-state index contributed by atoms with van der Waals surface area (Å²) in [6.07, 6.45) is 1.24. The van der Waals surface area contributed by atoms with Crippen LogP contribution in [0.3, 0.4) is 0 Å². The number of amides is 2. The van der Waals surface area contributed by atoms with Gasteiger partial charge in [0.25, 0.3) is 11.8 Å². The van der Waals surface area contributed by atoms with Crippen molar-refractivity contribution in [2.45, 2.75) is 6.61 Å². The van der Waals surface area contributed by atoms with Crippen molar-refractivity contribution < 1.29 is 19.2 Å². The van der Waals surface area contributed by atoms with E-state index in [1.807, 2.05) is 0 Å². The molecule has 1 fully saturated rings. The second-order valence-electron chi connectivity index (χ2n) is 7.12. The van der Waals surface area contributed by atoms with Gasteiger partial charge < -0.3 is 4.74 Å². The van der Waals surface area contributed by atoms with Gasteiger partial charge in [-0.2, -0.15) is 0 Å². The van der Waals surface area contributed by atoms with E-state index >= 15 is 0 Å². The Hall–Kier alpha value is -3.59. The molecule has 0 radical (unpaired) electrons. The van der Waals surface area contributed by atoms with Gasteiger partial charge in [-0.1, -0.05) is 59.1 Å². The third kappa shape index (κ3) is 4.84. The van der Waals surface area contributed by atoms with Crippen LogP contribution in [0.1, 0.15) is 11.1 Å². The summed E-state index contributed by atoms with van der Waals surface area (Å²) in [7, 11) is 0. The fraction of sp³-hybridized carbons (Fsp3) is 0.0435. The molecule has 0 saturated carbocycles. The molecule has 1 aliphatic rings. The summed E-state index contributed by atoms with van der Waals surface area (Å²) in [5, 5.41) is 13.4. The van der Waals surface area contributed by atoms with Crippen LogP contribution in [0.4, 0.5) is 11.4 Å². The number of nitro benzene ring substituents is 1. The summed E-state index contributed by atoms with van der Waals surface area (Å²) in [4.78, 5) is 36.2. The summed E-state index contributed by atoms with van der Waals surface area (Å²) in [5.41, 5.74) is 3.13. The van der Waals surface area contributed by atoms with E-state index in [0.29, 0.717) is 21.3 Å². The molecule has 1 heterocycles. The third-order valence-corrected chi connectivity index (χ3v) is 5.85. The van der Waals surface area contributed by atoms with Crippen LogP contribution in [-0.4, -0.2) is 16.7 Å². The lowest BCUT2D eigenvalue weighted by Gasteiger charge is -2.13. The molecule has 3 aromatic carbocycles. The number of anilines is 1. The lowest BCUT2D eigenvalue weighted by atomic mass is 10.1. The van der Waals surface area contributed by atoms with Crippen molar-refractivity contribution in [2.75, 3.05) is 5.01 Å². The molecule has 3 aromatic rings. The Morgan fingerprint density at radius 1 is 0.971 bits per heavy atom. The number of ether oxygens (including phenoxy) is 1. The number of halogens is 3. The van der Waals surface area contributed by atoms with Crippen LogP contribution in [0.2, 0.25) is 15.1 Å². The number of carbonyl (C=O) groups excluding carboxylic acids is 2. The van der Waals surface area contributed by atoms with Gasteiger partial charge in [0.15, 0.2) is 0 Å². The molecule has 1 N–H and O–H groups in total. The number of nitrogens with one attached hydrogen (secondary N) is 1. The highest BCUT2D eigenvalue weighted by atomic mass is 35.5. The Bertz CT molecular complexity index is 1350. The zero-order chi connectivity index (χ0) is 24.4. The second kappa shape index (κ2) is 9.72. The van der Waals surface area contributed by atoms with Crippen LogP contribution in [0.15, 0.2) is 66.2 Å². The quantitative estimate of drug-likeness (QED) is 0.198. The largest absolute Gasteiger partial charge is 0.481 e. The highest BCUT2D eigenvalue weighted by Crippen LogP contribution is 2.38. The minimum Gasteiger partial charge on any atom is -0.481 e. The SMILES string of the molecule is O=C1NN(c2ccccc2)C(=O)/C1=C\c1cc(Cl)c(OCc2ccc(Cl)c(Cl)c2)c([N+](=O)[O-])c1. The van der Waals surface area contributed by atoms with Crippen molar-refractivity contribution in [1.29, 1.82) is 0 Å². The maximum atomic E-state index is 12.8. The molecule has 172 valence electrons. The molecule has 0 aromatic heterocycles. The first-order valence-corrected chi connectivity index (χ1v) is 10.8. The molecule has 0 bridgehead atoms. The number of hydrogen-bond acceptors (Lipinski definition) is 5. The first kappa shape index (κ1) is 23.6. The van der Waals surface area contributed by atoms with Crippen LogP contribution >= 0.6 is 34.8 Å². The number of para-hydroxylation sites is 1. The van der Waals surface area contributed by atoms with E-state index in [1.54, 1.807) is 48.5 Å². The van der Waals surface area contributed by atoms with Crippen molar-refractivity contribution >= 4 is 64.1 Å². The lowest BCUT2D eigenvalue weighted by molar-refractivity contribution is -0.385. The molecular formula is C23H14Cl3N3O5. The molecule has 0 atom stereocenters. The van der Waals surface area contributed by atoms with E-state index in [9.17, 15) is 19.7 Å². The smallest absolute Gasteiger partial charge is 0.313 e. The molecule has 0 unspecified atom stereocenters.